The Labute approximate surface area is 145 Å². The van der Waals surface area contributed by atoms with Gasteiger partial charge in [0.15, 0.2) is 5.69 Å². The maximum atomic E-state index is 12.4. The summed E-state index contributed by atoms with van der Waals surface area (Å²) in [5.74, 6) is -0.313. The maximum Gasteiger partial charge on any atom is 0.244 e. The zero-order chi connectivity index (χ0) is 18.1. The molecule has 25 heavy (non-hydrogen) atoms. The topological polar surface area (TPSA) is 122 Å². The summed E-state index contributed by atoms with van der Waals surface area (Å²) in [6.45, 7) is 0.303. The van der Waals surface area contributed by atoms with Gasteiger partial charge >= 0.3 is 0 Å². The Hall–Kier alpha value is -3.70. The number of nitrogens with zero attached hydrogens (tertiary/aromatic N) is 7. The summed E-state index contributed by atoms with van der Waals surface area (Å²) in [7, 11) is 0. The summed E-state index contributed by atoms with van der Waals surface area (Å²) in [6.07, 6.45) is 0.351. The minimum absolute atomic E-state index is 0.167. The predicted molar refractivity (Wildman–Crippen MR) is 87.2 cm³/mol. The first-order valence-corrected chi connectivity index (χ1v) is 7.62. The summed E-state index contributed by atoms with van der Waals surface area (Å²) in [6, 6.07) is 15.1. The zero-order valence-electron chi connectivity index (χ0n) is 13.5. The smallest absolute Gasteiger partial charge is 0.244 e. The molecule has 124 valence electrons. The fraction of sp³-hybridized carbons (Fsp3) is 0.294. The molecule has 0 aliphatic rings. The Morgan fingerprint density at radius 1 is 1.08 bits per heavy atom. The zero-order valence-corrected chi connectivity index (χ0v) is 13.5. The molecule has 1 aromatic carbocycles. The Bertz CT molecular complexity index is 834. The maximum absolute atomic E-state index is 12.4. The molecule has 0 aliphatic carbocycles. The number of amides is 1. The molecule has 0 aliphatic heterocycles. The molecule has 1 aromatic heterocycles. The van der Waals surface area contributed by atoms with Crippen molar-refractivity contribution in [2.45, 2.75) is 19.4 Å². The van der Waals surface area contributed by atoms with E-state index in [1.807, 2.05) is 48.5 Å². The quantitative estimate of drug-likeness (QED) is 0.756. The molecule has 8 nitrogen and oxygen atoms in total. The van der Waals surface area contributed by atoms with Crippen molar-refractivity contribution < 1.29 is 4.79 Å². The van der Waals surface area contributed by atoms with E-state index in [0.29, 0.717) is 5.69 Å². The molecule has 0 saturated carbocycles. The highest BCUT2D eigenvalue weighted by molar-refractivity contribution is 5.76. The van der Waals surface area contributed by atoms with E-state index >= 15 is 0 Å². The van der Waals surface area contributed by atoms with Crippen LogP contribution in [0, 0.1) is 34.0 Å². The van der Waals surface area contributed by atoms with Crippen molar-refractivity contribution in [3.63, 3.8) is 0 Å². The second kappa shape index (κ2) is 8.81. The van der Waals surface area contributed by atoms with E-state index in [4.69, 9.17) is 10.5 Å². The first-order valence-electron chi connectivity index (χ1n) is 7.62. The van der Waals surface area contributed by atoms with Gasteiger partial charge in [0, 0.05) is 18.7 Å². The van der Waals surface area contributed by atoms with Crippen LogP contribution in [0.15, 0.2) is 30.3 Å². The van der Waals surface area contributed by atoms with Crippen LogP contribution in [0.1, 0.15) is 18.5 Å². The second-order valence-corrected chi connectivity index (χ2v) is 5.12. The molecule has 0 fully saturated rings. The van der Waals surface area contributed by atoms with Gasteiger partial charge in [-0.2, -0.15) is 15.8 Å². The fourth-order valence-corrected chi connectivity index (χ4v) is 2.28. The van der Waals surface area contributed by atoms with E-state index < -0.39 is 0 Å². The van der Waals surface area contributed by atoms with Gasteiger partial charge in [-0.25, -0.2) is 4.68 Å². The van der Waals surface area contributed by atoms with Crippen LogP contribution in [-0.2, 0) is 11.3 Å². The number of hydrogen-bond acceptors (Lipinski definition) is 6. The van der Waals surface area contributed by atoms with Crippen molar-refractivity contribution in [2.75, 3.05) is 13.1 Å². The monoisotopic (exact) mass is 333 g/mol. The molecule has 0 unspecified atom stereocenters. The highest BCUT2D eigenvalue weighted by Gasteiger charge is 2.19. The van der Waals surface area contributed by atoms with Crippen LogP contribution in [0.4, 0.5) is 0 Å². The third kappa shape index (κ3) is 4.40. The lowest BCUT2D eigenvalue weighted by Gasteiger charge is -2.20. The van der Waals surface area contributed by atoms with E-state index in [0.717, 1.165) is 5.56 Å². The summed E-state index contributed by atoms with van der Waals surface area (Å²) < 4.78 is 1.25. The number of aromatic nitrogens is 3. The summed E-state index contributed by atoms with van der Waals surface area (Å²) >= 11 is 0. The van der Waals surface area contributed by atoms with Crippen molar-refractivity contribution in [3.8, 4) is 29.5 Å². The number of hydrogen-bond donors (Lipinski definition) is 0. The van der Waals surface area contributed by atoms with Crippen LogP contribution in [-0.4, -0.2) is 38.9 Å². The van der Waals surface area contributed by atoms with Gasteiger partial charge in [-0.05, 0) is 0 Å². The van der Waals surface area contributed by atoms with Crippen LogP contribution in [0.2, 0.25) is 0 Å². The lowest BCUT2D eigenvalue weighted by molar-refractivity contribution is -0.132. The van der Waals surface area contributed by atoms with Gasteiger partial charge in [0.2, 0.25) is 5.91 Å². The lowest BCUT2D eigenvalue weighted by Crippen LogP contribution is -2.35. The number of benzene rings is 1. The molecule has 8 heteroatoms. The molecular formula is C17H15N7O. The molecule has 0 N–H and O–H groups in total. The van der Waals surface area contributed by atoms with Crippen molar-refractivity contribution >= 4 is 5.91 Å². The van der Waals surface area contributed by atoms with Crippen molar-refractivity contribution in [1.29, 1.82) is 15.8 Å². The average molecular weight is 333 g/mol. The van der Waals surface area contributed by atoms with E-state index in [2.05, 4.69) is 10.3 Å². The molecule has 0 spiro atoms. The Kier molecular flexibility index (Phi) is 6.22. The van der Waals surface area contributed by atoms with Crippen LogP contribution in [0.25, 0.3) is 11.3 Å². The normalized spacial score (nSPS) is 9.64. The van der Waals surface area contributed by atoms with Crippen molar-refractivity contribution in [2.24, 2.45) is 0 Å². The number of carbonyl (C=O) groups is 1. The van der Waals surface area contributed by atoms with Crippen LogP contribution < -0.4 is 0 Å². The molecule has 2 rings (SSSR count). The van der Waals surface area contributed by atoms with Crippen molar-refractivity contribution in [3.05, 3.63) is 36.0 Å². The molecule has 0 saturated heterocycles. The van der Waals surface area contributed by atoms with Gasteiger partial charge in [-0.15, -0.1) is 5.10 Å². The van der Waals surface area contributed by atoms with Crippen LogP contribution in [0.5, 0.6) is 0 Å². The Morgan fingerprint density at radius 3 is 2.28 bits per heavy atom. The minimum Gasteiger partial charge on any atom is -0.339 e. The van der Waals surface area contributed by atoms with Gasteiger partial charge in [-0.1, -0.05) is 35.5 Å². The van der Waals surface area contributed by atoms with E-state index in [1.165, 1.54) is 9.58 Å². The summed E-state index contributed by atoms with van der Waals surface area (Å²) in [4.78, 5) is 13.9. The van der Waals surface area contributed by atoms with Gasteiger partial charge in [0.1, 0.15) is 18.3 Å². The highest BCUT2D eigenvalue weighted by Crippen LogP contribution is 2.20. The molecule has 1 amide bonds. The Balaban J connectivity index is 2.20. The van der Waals surface area contributed by atoms with Crippen LogP contribution >= 0.6 is 0 Å². The molecule has 2 aromatic rings. The predicted octanol–water partition coefficient (Wildman–Crippen LogP) is 1.47. The number of carbonyl (C=O) groups excluding carboxylic acids is 1. The van der Waals surface area contributed by atoms with Gasteiger partial charge < -0.3 is 4.90 Å². The fourth-order valence-electron chi connectivity index (χ4n) is 2.28. The van der Waals surface area contributed by atoms with Crippen LogP contribution in [0.3, 0.4) is 0 Å². The number of rotatable bonds is 7. The van der Waals surface area contributed by atoms with Crippen molar-refractivity contribution in [1.82, 2.24) is 19.9 Å². The lowest BCUT2D eigenvalue weighted by atomic mass is 10.1. The standard InChI is InChI=1S/C17H15N7O/c18-8-4-10-23(11-5-9-19)16(25)13-24-15(12-20)17(21-22-24)14-6-2-1-3-7-14/h1-3,6-7H,4-5,10-11,13H2. The Morgan fingerprint density at radius 2 is 1.72 bits per heavy atom. The third-order valence-electron chi connectivity index (χ3n) is 3.51. The summed E-state index contributed by atoms with van der Waals surface area (Å²) in [5.41, 5.74) is 1.35. The first kappa shape index (κ1) is 17.7. The largest absolute Gasteiger partial charge is 0.339 e. The van der Waals surface area contributed by atoms with E-state index in [9.17, 15) is 10.1 Å². The third-order valence-corrected chi connectivity index (χ3v) is 3.51. The minimum atomic E-state index is -0.313. The molecule has 0 radical (unpaired) electrons. The van der Waals surface area contributed by atoms with Gasteiger partial charge in [0.05, 0.1) is 25.0 Å². The van der Waals surface area contributed by atoms with E-state index in [1.54, 1.807) is 0 Å². The second-order valence-electron chi connectivity index (χ2n) is 5.12. The summed E-state index contributed by atoms with van der Waals surface area (Å²) in [5, 5.41) is 34.7. The first-order chi connectivity index (χ1) is 12.2. The van der Waals surface area contributed by atoms with E-state index in [-0.39, 0.29) is 44.1 Å². The average Bonchev–Trinajstić information content (AvgIpc) is 3.05. The number of nitriles is 3. The van der Waals surface area contributed by atoms with Gasteiger partial charge in [0.25, 0.3) is 0 Å². The molecule has 0 bridgehead atoms. The van der Waals surface area contributed by atoms with Gasteiger partial charge in [-0.3, -0.25) is 4.79 Å². The molecular weight excluding hydrogens is 318 g/mol. The SMILES string of the molecule is N#CCCN(CCC#N)C(=O)Cn1nnc(-c2ccccc2)c1C#N. The molecule has 1 heterocycles. The highest BCUT2D eigenvalue weighted by atomic mass is 16.2. The molecule has 0 atom stereocenters.